The van der Waals surface area contributed by atoms with Crippen molar-refractivity contribution < 1.29 is 0 Å². The van der Waals surface area contributed by atoms with Crippen molar-refractivity contribution in [1.29, 1.82) is 0 Å². The van der Waals surface area contributed by atoms with Crippen molar-refractivity contribution in [3.63, 3.8) is 0 Å². The summed E-state index contributed by atoms with van der Waals surface area (Å²) in [6.45, 7) is 9.07. The van der Waals surface area contributed by atoms with Crippen molar-refractivity contribution in [2.75, 3.05) is 0 Å². The summed E-state index contributed by atoms with van der Waals surface area (Å²) in [6, 6.07) is 2.23. The van der Waals surface area contributed by atoms with Crippen LogP contribution in [0.5, 0.6) is 0 Å². The number of rotatable bonds is 2. The minimum absolute atomic E-state index is 0.479. The van der Waals surface area contributed by atoms with Gasteiger partial charge >= 0.3 is 0 Å². The third kappa shape index (κ3) is 2.23. The van der Waals surface area contributed by atoms with E-state index in [9.17, 15) is 0 Å². The molecule has 4 heteroatoms. The van der Waals surface area contributed by atoms with Crippen molar-refractivity contribution in [1.82, 2.24) is 9.78 Å². The van der Waals surface area contributed by atoms with E-state index >= 15 is 0 Å². The number of hydrogen-bond acceptors (Lipinski definition) is 2. The van der Waals surface area contributed by atoms with E-state index in [2.05, 4.69) is 54.8 Å². The maximum absolute atomic E-state index is 5.79. The van der Waals surface area contributed by atoms with E-state index in [0.29, 0.717) is 6.54 Å². The molecule has 0 unspecified atom stereocenters. The lowest BCUT2D eigenvalue weighted by atomic mass is 9.92. The Morgan fingerprint density at radius 2 is 1.68 bits per heavy atom. The van der Waals surface area contributed by atoms with Gasteiger partial charge in [-0.25, -0.2) is 0 Å². The molecule has 0 aliphatic heterocycles. The first-order valence-electron chi connectivity index (χ1n) is 6.37. The zero-order valence-electron chi connectivity index (χ0n) is 12.1. The van der Waals surface area contributed by atoms with Crippen LogP contribution in [0.1, 0.15) is 27.9 Å². The Morgan fingerprint density at radius 1 is 1.16 bits per heavy atom. The molecule has 0 aliphatic rings. The molecule has 0 fully saturated rings. The van der Waals surface area contributed by atoms with Gasteiger partial charge < -0.3 is 5.73 Å². The van der Waals surface area contributed by atoms with Gasteiger partial charge in [0.2, 0.25) is 0 Å². The van der Waals surface area contributed by atoms with Crippen LogP contribution in [-0.4, -0.2) is 9.78 Å². The highest BCUT2D eigenvalue weighted by atomic mass is 79.9. The van der Waals surface area contributed by atoms with Crippen LogP contribution in [0, 0.1) is 27.7 Å². The standard InChI is InChI=1S/C15H20BrN3/c1-8-6-9(2)11(4)13(10(8)3)15-14(16)12(7-17)19(5)18-15/h6H,7,17H2,1-5H3. The predicted octanol–water partition coefficient (Wildman–Crippen LogP) is 3.54. The molecule has 2 rings (SSSR count). The zero-order valence-corrected chi connectivity index (χ0v) is 13.7. The first-order valence-corrected chi connectivity index (χ1v) is 7.17. The van der Waals surface area contributed by atoms with E-state index in [1.54, 1.807) is 0 Å². The number of hydrogen-bond donors (Lipinski definition) is 1. The van der Waals surface area contributed by atoms with E-state index < -0.39 is 0 Å². The van der Waals surface area contributed by atoms with Crippen molar-refractivity contribution in [2.45, 2.75) is 34.2 Å². The minimum atomic E-state index is 0.479. The topological polar surface area (TPSA) is 43.8 Å². The fourth-order valence-corrected chi connectivity index (χ4v) is 3.18. The molecule has 1 heterocycles. The van der Waals surface area contributed by atoms with E-state index in [1.807, 2.05) is 11.7 Å². The molecular weight excluding hydrogens is 302 g/mol. The van der Waals surface area contributed by atoms with Gasteiger partial charge in [-0.05, 0) is 65.9 Å². The normalized spacial score (nSPS) is 11.1. The van der Waals surface area contributed by atoms with Crippen molar-refractivity contribution in [3.05, 3.63) is 38.5 Å². The fraction of sp³-hybridized carbons (Fsp3) is 0.400. The van der Waals surface area contributed by atoms with E-state index in [-0.39, 0.29) is 0 Å². The average Bonchev–Trinajstić information content (AvgIpc) is 2.63. The number of halogens is 1. The third-order valence-corrected chi connectivity index (χ3v) is 4.73. The smallest absolute Gasteiger partial charge is 0.107 e. The van der Waals surface area contributed by atoms with Crippen molar-refractivity contribution in [3.8, 4) is 11.3 Å². The first kappa shape index (κ1) is 14.3. The van der Waals surface area contributed by atoms with Gasteiger partial charge in [-0.3, -0.25) is 4.68 Å². The molecule has 0 amide bonds. The molecule has 3 nitrogen and oxygen atoms in total. The third-order valence-electron chi connectivity index (χ3n) is 3.90. The van der Waals surface area contributed by atoms with Gasteiger partial charge in [-0.15, -0.1) is 0 Å². The summed E-state index contributed by atoms with van der Waals surface area (Å²) < 4.78 is 2.87. The monoisotopic (exact) mass is 321 g/mol. The van der Waals surface area contributed by atoms with E-state index in [4.69, 9.17) is 5.73 Å². The van der Waals surface area contributed by atoms with Crippen LogP contribution in [0.2, 0.25) is 0 Å². The Bertz CT molecular complexity index is 615. The second-order valence-electron chi connectivity index (χ2n) is 5.07. The Morgan fingerprint density at radius 3 is 2.11 bits per heavy atom. The molecular formula is C15H20BrN3. The molecule has 0 bridgehead atoms. The van der Waals surface area contributed by atoms with Gasteiger partial charge in [0.1, 0.15) is 5.69 Å². The quantitative estimate of drug-likeness (QED) is 0.919. The van der Waals surface area contributed by atoms with Crippen LogP contribution >= 0.6 is 15.9 Å². The number of nitrogens with two attached hydrogens (primary N) is 1. The number of benzene rings is 1. The minimum Gasteiger partial charge on any atom is -0.325 e. The molecule has 19 heavy (non-hydrogen) atoms. The second kappa shape index (κ2) is 5.10. The number of nitrogens with zero attached hydrogens (tertiary/aromatic N) is 2. The molecule has 2 aromatic rings. The fourth-order valence-electron chi connectivity index (χ4n) is 2.49. The van der Waals surface area contributed by atoms with Crippen LogP contribution < -0.4 is 5.73 Å². The largest absolute Gasteiger partial charge is 0.325 e. The summed E-state index contributed by atoms with van der Waals surface area (Å²) in [6.07, 6.45) is 0. The lowest BCUT2D eigenvalue weighted by Gasteiger charge is -2.14. The zero-order chi connectivity index (χ0) is 14.3. The van der Waals surface area contributed by atoms with Gasteiger partial charge in [-0.2, -0.15) is 5.10 Å². The Hall–Kier alpha value is -1.13. The molecule has 0 saturated carbocycles. The maximum Gasteiger partial charge on any atom is 0.107 e. The summed E-state index contributed by atoms with van der Waals surface area (Å²) >= 11 is 3.65. The Balaban J connectivity index is 2.79. The van der Waals surface area contributed by atoms with Crippen molar-refractivity contribution >= 4 is 15.9 Å². The summed E-state index contributed by atoms with van der Waals surface area (Å²) in [5.41, 5.74) is 14.2. The van der Waals surface area contributed by atoms with Gasteiger partial charge in [-0.1, -0.05) is 6.07 Å². The Labute approximate surface area is 122 Å². The highest BCUT2D eigenvalue weighted by Gasteiger charge is 2.19. The van der Waals surface area contributed by atoms with Gasteiger partial charge in [0.05, 0.1) is 10.2 Å². The molecule has 0 radical (unpaired) electrons. The molecule has 0 atom stereocenters. The molecule has 0 spiro atoms. The molecule has 2 N–H and O–H groups in total. The van der Waals surface area contributed by atoms with Crippen LogP contribution in [0.3, 0.4) is 0 Å². The summed E-state index contributed by atoms with van der Waals surface area (Å²) in [5, 5.41) is 4.64. The molecule has 1 aromatic heterocycles. The number of aromatic nitrogens is 2. The van der Waals surface area contributed by atoms with Crippen LogP contribution in [0.4, 0.5) is 0 Å². The molecule has 1 aromatic carbocycles. The lowest BCUT2D eigenvalue weighted by molar-refractivity contribution is 0.712. The average molecular weight is 322 g/mol. The van der Waals surface area contributed by atoms with Gasteiger partial charge in [0.25, 0.3) is 0 Å². The summed E-state index contributed by atoms with van der Waals surface area (Å²) in [4.78, 5) is 0. The highest BCUT2D eigenvalue weighted by molar-refractivity contribution is 9.10. The van der Waals surface area contributed by atoms with Crippen LogP contribution in [0.15, 0.2) is 10.5 Å². The van der Waals surface area contributed by atoms with Crippen LogP contribution in [0.25, 0.3) is 11.3 Å². The molecule has 0 aliphatic carbocycles. The van der Waals surface area contributed by atoms with Gasteiger partial charge in [0.15, 0.2) is 0 Å². The highest BCUT2D eigenvalue weighted by Crippen LogP contribution is 2.36. The summed E-state index contributed by atoms with van der Waals surface area (Å²) in [7, 11) is 1.93. The van der Waals surface area contributed by atoms with Gasteiger partial charge in [0, 0.05) is 19.2 Å². The second-order valence-corrected chi connectivity index (χ2v) is 5.87. The lowest BCUT2D eigenvalue weighted by Crippen LogP contribution is -2.04. The SMILES string of the molecule is Cc1cc(C)c(C)c(-c2nn(C)c(CN)c2Br)c1C. The van der Waals surface area contributed by atoms with Crippen LogP contribution in [-0.2, 0) is 13.6 Å². The van der Waals surface area contributed by atoms with E-state index in [1.165, 1.54) is 27.8 Å². The molecule has 102 valence electrons. The predicted molar refractivity (Wildman–Crippen MR) is 83.2 cm³/mol. The number of aryl methyl sites for hydroxylation is 3. The summed E-state index contributed by atoms with van der Waals surface area (Å²) in [5.74, 6) is 0. The first-order chi connectivity index (χ1) is 8.88. The Kier molecular flexibility index (Phi) is 3.83. The maximum atomic E-state index is 5.79. The van der Waals surface area contributed by atoms with Crippen molar-refractivity contribution in [2.24, 2.45) is 12.8 Å². The molecule has 0 saturated heterocycles. The van der Waals surface area contributed by atoms with E-state index in [0.717, 1.165) is 15.9 Å².